The predicted molar refractivity (Wildman–Crippen MR) is 129 cm³/mol. The van der Waals surface area contributed by atoms with Crippen LogP contribution >= 0.6 is 23.1 Å². The molecule has 2 heterocycles. The van der Waals surface area contributed by atoms with Crippen molar-refractivity contribution in [3.63, 3.8) is 0 Å². The monoisotopic (exact) mass is 502 g/mol. The van der Waals surface area contributed by atoms with Crippen LogP contribution in [0.15, 0.2) is 46.3 Å². The Labute approximate surface area is 200 Å². The van der Waals surface area contributed by atoms with Crippen molar-refractivity contribution in [1.29, 1.82) is 5.26 Å². The first kappa shape index (κ1) is 24.6. The number of nitrogens with zero attached hydrogens (tertiary/aromatic N) is 4. The van der Waals surface area contributed by atoms with E-state index in [-0.39, 0.29) is 22.4 Å². The van der Waals surface area contributed by atoms with Gasteiger partial charge in [0.05, 0.1) is 10.5 Å². The molecule has 12 heteroatoms. The number of aryl methyl sites for hydroxylation is 2. The molecule has 0 radical (unpaired) electrons. The molecule has 0 bridgehead atoms. The second-order valence-corrected chi connectivity index (χ2v) is 10.9. The van der Waals surface area contributed by atoms with Crippen LogP contribution in [0.5, 0.6) is 0 Å². The summed E-state index contributed by atoms with van der Waals surface area (Å²) in [6.45, 7) is 3.79. The van der Waals surface area contributed by atoms with Crippen molar-refractivity contribution >= 4 is 49.8 Å². The molecule has 1 amide bonds. The van der Waals surface area contributed by atoms with E-state index in [1.807, 2.05) is 6.07 Å². The Hall–Kier alpha value is -3.01. The number of aromatic nitrogens is 3. The van der Waals surface area contributed by atoms with Gasteiger partial charge in [-0.3, -0.25) is 9.52 Å². The lowest BCUT2D eigenvalue weighted by atomic mass is 10.2. The van der Waals surface area contributed by atoms with Crippen molar-refractivity contribution in [2.24, 2.45) is 0 Å². The van der Waals surface area contributed by atoms with Crippen molar-refractivity contribution in [2.45, 2.75) is 43.0 Å². The number of nitrogens with one attached hydrogen (secondary N) is 2. The Balaban J connectivity index is 1.54. The summed E-state index contributed by atoms with van der Waals surface area (Å²) >= 11 is 2.51. The first-order valence-electron chi connectivity index (χ1n) is 10.1. The van der Waals surface area contributed by atoms with Crippen molar-refractivity contribution in [3.05, 3.63) is 52.7 Å². The van der Waals surface area contributed by atoms with Gasteiger partial charge in [-0.05, 0) is 49.7 Å². The summed E-state index contributed by atoms with van der Waals surface area (Å²) in [6, 6.07) is 11.6. The van der Waals surface area contributed by atoms with E-state index in [1.165, 1.54) is 36.0 Å². The molecule has 9 nitrogen and oxygen atoms in total. The predicted octanol–water partition coefficient (Wildman–Crippen LogP) is 3.99. The van der Waals surface area contributed by atoms with Gasteiger partial charge in [0.1, 0.15) is 16.1 Å². The van der Waals surface area contributed by atoms with Crippen molar-refractivity contribution in [1.82, 2.24) is 15.2 Å². The van der Waals surface area contributed by atoms with E-state index in [2.05, 4.69) is 38.2 Å². The number of carbonyl (C=O) groups excluding carboxylic acids is 1. The number of benzene rings is 1. The highest BCUT2D eigenvalue weighted by atomic mass is 32.2. The maximum atomic E-state index is 12.4. The van der Waals surface area contributed by atoms with E-state index in [9.17, 15) is 18.5 Å². The van der Waals surface area contributed by atoms with Gasteiger partial charge in [0.2, 0.25) is 11.0 Å². The molecular formula is C21H22N6O3S3. The number of hydrogen-bond donors (Lipinski definition) is 2. The minimum atomic E-state index is -3.80. The highest BCUT2D eigenvalue weighted by Crippen LogP contribution is 2.23. The van der Waals surface area contributed by atoms with Crippen LogP contribution in [-0.2, 0) is 21.2 Å². The number of hydrogen-bond acceptors (Lipinski definition) is 9. The molecule has 1 aromatic carbocycles. The van der Waals surface area contributed by atoms with Crippen LogP contribution in [0.25, 0.3) is 0 Å². The van der Waals surface area contributed by atoms with E-state index in [0.717, 1.165) is 29.9 Å². The lowest BCUT2D eigenvalue weighted by Crippen LogP contribution is -2.14. The van der Waals surface area contributed by atoms with Crippen LogP contribution in [0.4, 0.5) is 10.8 Å². The molecule has 0 saturated carbocycles. The van der Waals surface area contributed by atoms with E-state index < -0.39 is 10.0 Å². The molecule has 0 atom stereocenters. The lowest BCUT2D eigenvalue weighted by molar-refractivity contribution is -0.115. The summed E-state index contributed by atoms with van der Waals surface area (Å²) < 4.78 is 27.3. The van der Waals surface area contributed by atoms with Gasteiger partial charge < -0.3 is 5.32 Å². The van der Waals surface area contributed by atoms with E-state index >= 15 is 0 Å². The van der Waals surface area contributed by atoms with Crippen molar-refractivity contribution in [2.75, 3.05) is 15.8 Å². The number of nitriles is 1. The molecule has 33 heavy (non-hydrogen) atoms. The number of carbonyl (C=O) groups is 1. The highest BCUT2D eigenvalue weighted by Gasteiger charge is 2.16. The number of thioether (sulfide) groups is 1. The summed E-state index contributed by atoms with van der Waals surface area (Å²) in [6.07, 6.45) is 2.01. The molecule has 0 unspecified atom stereocenters. The average Bonchev–Trinajstić information content (AvgIpc) is 3.18. The van der Waals surface area contributed by atoms with Crippen LogP contribution in [0.3, 0.4) is 0 Å². The van der Waals surface area contributed by atoms with Gasteiger partial charge in [-0.25, -0.2) is 13.4 Å². The normalized spacial score (nSPS) is 11.1. The van der Waals surface area contributed by atoms with Crippen LogP contribution in [-0.4, -0.2) is 35.3 Å². The Morgan fingerprint density at radius 3 is 2.58 bits per heavy atom. The second kappa shape index (κ2) is 11.2. The van der Waals surface area contributed by atoms with Crippen LogP contribution < -0.4 is 10.0 Å². The number of pyridine rings is 1. The third-order valence-electron chi connectivity index (χ3n) is 4.31. The van der Waals surface area contributed by atoms with Crippen LogP contribution in [0.2, 0.25) is 0 Å². The van der Waals surface area contributed by atoms with Gasteiger partial charge in [0.25, 0.3) is 10.0 Å². The molecule has 0 spiro atoms. The Kier molecular flexibility index (Phi) is 8.37. The summed E-state index contributed by atoms with van der Waals surface area (Å²) in [5.41, 5.74) is 1.90. The van der Waals surface area contributed by atoms with Gasteiger partial charge in [-0.2, -0.15) is 5.26 Å². The summed E-state index contributed by atoms with van der Waals surface area (Å²) in [7, 11) is -3.80. The standard InChI is InChI=1S/C21H22N6O3S3/c1-3-4-16-6-5-15(13-22)20(24-16)31-12-11-19(28)23-17-7-9-18(10-8-17)33(29,30)27-21-26-25-14(2)32-21/h5-10H,3-4,11-12H2,1-2H3,(H,23,28)(H,26,27). The molecular weight excluding hydrogens is 480 g/mol. The molecule has 3 aromatic rings. The SMILES string of the molecule is CCCc1ccc(C#N)c(SCCC(=O)Nc2ccc(S(=O)(=O)Nc3nnc(C)s3)cc2)n1. The first-order valence-corrected chi connectivity index (χ1v) is 13.3. The van der Waals surface area contributed by atoms with Crippen molar-refractivity contribution < 1.29 is 13.2 Å². The quantitative estimate of drug-likeness (QED) is 0.397. The van der Waals surface area contributed by atoms with Gasteiger partial charge >= 0.3 is 0 Å². The maximum Gasteiger partial charge on any atom is 0.263 e. The fourth-order valence-electron chi connectivity index (χ4n) is 2.76. The highest BCUT2D eigenvalue weighted by molar-refractivity contribution is 7.99. The molecule has 172 valence electrons. The fourth-order valence-corrected chi connectivity index (χ4v) is 5.52. The zero-order chi connectivity index (χ0) is 23.8. The Morgan fingerprint density at radius 2 is 1.94 bits per heavy atom. The summed E-state index contributed by atoms with van der Waals surface area (Å²) in [5, 5.41) is 21.0. The minimum Gasteiger partial charge on any atom is -0.326 e. The summed E-state index contributed by atoms with van der Waals surface area (Å²) in [5.74, 6) is 0.240. The molecule has 0 aliphatic carbocycles. The maximum absolute atomic E-state index is 12.4. The van der Waals surface area contributed by atoms with Gasteiger partial charge in [-0.15, -0.1) is 22.0 Å². The minimum absolute atomic E-state index is 0.0472. The molecule has 0 aliphatic rings. The Bertz CT molecular complexity index is 1270. The molecule has 3 rings (SSSR count). The molecule has 0 saturated heterocycles. The zero-order valence-corrected chi connectivity index (χ0v) is 20.5. The van der Waals surface area contributed by atoms with Crippen molar-refractivity contribution in [3.8, 4) is 6.07 Å². The van der Waals surface area contributed by atoms with E-state index in [4.69, 9.17) is 0 Å². The fraction of sp³-hybridized carbons (Fsp3) is 0.286. The first-order chi connectivity index (χ1) is 15.8. The number of amides is 1. The van der Waals surface area contributed by atoms with Crippen LogP contribution in [0, 0.1) is 18.3 Å². The number of anilines is 2. The molecule has 2 N–H and O–H groups in total. The average molecular weight is 503 g/mol. The lowest BCUT2D eigenvalue weighted by Gasteiger charge is -2.08. The zero-order valence-electron chi connectivity index (χ0n) is 18.0. The Morgan fingerprint density at radius 1 is 1.18 bits per heavy atom. The number of rotatable bonds is 10. The molecule has 0 fully saturated rings. The third-order valence-corrected chi connectivity index (χ3v) is 7.54. The second-order valence-electron chi connectivity index (χ2n) is 6.92. The topological polar surface area (TPSA) is 138 Å². The largest absolute Gasteiger partial charge is 0.326 e. The molecule has 0 aliphatic heterocycles. The van der Waals surface area contributed by atoms with Gasteiger partial charge in [0.15, 0.2) is 0 Å². The van der Waals surface area contributed by atoms with Gasteiger partial charge in [-0.1, -0.05) is 24.7 Å². The van der Waals surface area contributed by atoms with E-state index in [1.54, 1.807) is 13.0 Å². The summed E-state index contributed by atoms with van der Waals surface area (Å²) in [4.78, 5) is 16.9. The van der Waals surface area contributed by atoms with Gasteiger partial charge in [0, 0.05) is 23.6 Å². The molecule has 2 aromatic heterocycles. The van der Waals surface area contributed by atoms with E-state index in [0.29, 0.717) is 27.0 Å². The van der Waals surface area contributed by atoms with Crippen LogP contribution in [0.1, 0.15) is 36.0 Å². The number of sulfonamides is 1. The smallest absolute Gasteiger partial charge is 0.263 e. The third kappa shape index (κ3) is 6.98.